The summed E-state index contributed by atoms with van der Waals surface area (Å²) >= 11 is 5.08. The molecule has 0 spiro atoms. The van der Waals surface area contributed by atoms with E-state index in [9.17, 15) is 9.59 Å². The van der Waals surface area contributed by atoms with Crippen LogP contribution in [0.5, 0.6) is 0 Å². The Labute approximate surface area is 145 Å². The first-order chi connectivity index (χ1) is 11.6. The van der Waals surface area contributed by atoms with Crippen LogP contribution < -0.4 is 16.0 Å². The molecule has 24 heavy (non-hydrogen) atoms. The normalized spacial score (nSPS) is 10.0. The van der Waals surface area contributed by atoms with E-state index in [1.165, 1.54) is 6.26 Å². The molecule has 0 unspecified atom stereocenters. The summed E-state index contributed by atoms with van der Waals surface area (Å²) < 4.78 is 4.98. The van der Waals surface area contributed by atoms with Crippen molar-refractivity contribution in [2.45, 2.75) is 19.8 Å². The molecular formula is C17H19N3O3S. The third kappa shape index (κ3) is 5.20. The molecule has 0 aliphatic rings. The number of amides is 2. The van der Waals surface area contributed by atoms with Crippen molar-refractivity contribution in [3.05, 3.63) is 54.0 Å². The third-order valence-corrected chi connectivity index (χ3v) is 3.40. The maximum Gasteiger partial charge on any atom is 0.293 e. The number of carbonyl (C=O) groups excluding carboxylic acids is 2. The first kappa shape index (κ1) is 17.7. The fraction of sp³-hybridized carbons (Fsp3) is 0.235. The first-order valence-electron chi connectivity index (χ1n) is 7.64. The van der Waals surface area contributed by atoms with Crippen LogP contribution in [0.3, 0.4) is 0 Å². The van der Waals surface area contributed by atoms with Crippen LogP contribution in [-0.2, 0) is 0 Å². The van der Waals surface area contributed by atoms with E-state index in [2.05, 4.69) is 22.9 Å². The maximum atomic E-state index is 11.9. The highest BCUT2D eigenvalue weighted by Gasteiger charge is 2.10. The summed E-state index contributed by atoms with van der Waals surface area (Å²) in [5.74, 6) is -0.355. The second-order valence-corrected chi connectivity index (χ2v) is 5.48. The van der Waals surface area contributed by atoms with Crippen LogP contribution in [0.15, 0.2) is 47.1 Å². The van der Waals surface area contributed by atoms with Crippen molar-refractivity contribution in [1.82, 2.24) is 10.6 Å². The molecule has 0 radical (unpaired) electrons. The Hall–Kier alpha value is -2.67. The molecule has 7 heteroatoms. The van der Waals surface area contributed by atoms with Crippen molar-refractivity contribution < 1.29 is 14.0 Å². The lowest BCUT2D eigenvalue weighted by Crippen LogP contribution is -2.33. The van der Waals surface area contributed by atoms with E-state index >= 15 is 0 Å². The van der Waals surface area contributed by atoms with Crippen LogP contribution in [0.4, 0.5) is 5.69 Å². The number of rotatable bonds is 6. The highest BCUT2D eigenvalue weighted by Crippen LogP contribution is 2.10. The molecule has 1 heterocycles. The van der Waals surface area contributed by atoms with Crippen molar-refractivity contribution in [3.63, 3.8) is 0 Å². The number of furan rings is 1. The van der Waals surface area contributed by atoms with Gasteiger partial charge >= 0.3 is 0 Å². The van der Waals surface area contributed by atoms with Crippen molar-refractivity contribution in [2.75, 3.05) is 11.9 Å². The summed E-state index contributed by atoms with van der Waals surface area (Å²) in [4.78, 5) is 23.7. The summed E-state index contributed by atoms with van der Waals surface area (Å²) in [7, 11) is 0. The Kier molecular flexibility index (Phi) is 6.51. The molecule has 2 rings (SSSR count). The van der Waals surface area contributed by atoms with Gasteiger partial charge in [0.1, 0.15) is 0 Å². The van der Waals surface area contributed by atoms with E-state index < -0.39 is 5.91 Å². The number of thiocarbonyl (C=S) groups is 1. The zero-order valence-electron chi connectivity index (χ0n) is 13.3. The average Bonchev–Trinajstić information content (AvgIpc) is 3.10. The molecule has 0 aliphatic heterocycles. The summed E-state index contributed by atoms with van der Waals surface area (Å²) in [6.07, 6.45) is 3.40. The summed E-state index contributed by atoms with van der Waals surface area (Å²) in [5.41, 5.74) is 1.24. The van der Waals surface area contributed by atoms with E-state index in [-0.39, 0.29) is 16.8 Å². The molecule has 126 valence electrons. The van der Waals surface area contributed by atoms with Crippen LogP contribution >= 0.6 is 12.2 Å². The predicted octanol–water partition coefficient (Wildman–Crippen LogP) is 2.94. The number of unbranched alkanes of at least 4 members (excludes halogenated alkanes) is 1. The van der Waals surface area contributed by atoms with Gasteiger partial charge in [-0.2, -0.15) is 0 Å². The molecule has 0 aliphatic carbocycles. The van der Waals surface area contributed by atoms with Gasteiger partial charge in [0.15, 0.2) is 10.9 Å². The zero-order valence-corrected chi connectivity index (χ0v) is 14.1. The van der Waals surface area contributed by atoms with Gasteiger partial charge in [-0.1, -0.05) is 13.3 Å². The molecule has 3 N–H and O–H groups in total. The predicted molar refractivity (Wildman–Crippen MR) is 96.1 cm³/mol. The zero-order chi connectivity index (χ0) is 17.4. The number of hydrogen-bond acceptors (Lipinski definition) is 4. The lowest BCUT2D eigenvalue weighted by atomic mass is 10.2. The molecule has 1 aromatic heterocycles. The molecule has 0 atom stereocenters. The van der Waals surface area contributed by atoms with Crippen molar-refractivity contribution in [2.24, 2.45) is 0 Å². The monoisotopic (exact) mass is 345 g/mol. The lowest BCUT2D eigenvalue weighted by molar-refractivity contribution is 0.0944. The fourth-order valence-electron chi connectivity index (χ4n) is 1.92. The quantitative estimate of drug-likeness (QED) is 0.554. The Bertz CT molecular complexity index is 696. The van der Waals surface area contributed by atoms with Gasteiger partial charge in [0, 0.05) is 17.8 Å². The lowest BCUT2D eigenvalue weighted by Gasteiger charge is -2.09. The molecule has 0 fully saturated rings. The summed E-state index contributed by atoms with van der Waals surface area (Å²) in [6, 6.07) is 10.0. The van der Waals surface area contributed by atoms with Gasteiger partial charge in [0.2, 0.25) is 0 Å². The minimum absolute atomic E-state index is 0.108. The Morgan fingerprint density at radius 2 is 1.88 bits per heavy atom. The molecule has 1 aromatic carbocycles. The van der Waals surface area contributed by atoms with Gasteiger partial charge in [-0.15, -0.1) is 0 Å². The van der Waals surface area contributed by atoms with Gasteiger partial charge in [0.05, 0.1) is 6.26 Å². The second-order valence-electron chi connectivity index (χ2n) is 5.07. The highest BCUT2D eigenvalue weighted by molar-refractivity contribution is 7.80. The van der Waals surface area contributed by atoms with Gasteiger partial charge < -0.3 is 15.1 Å². The average molecular weight is 345 g/mol. The largest absolute Gasteiger partial charge is 0.459 e. The SMILES string of the molecule is CCCCNC(=O)c1ccc(NC(=S)NC(=O)c2ccco2)cc1. The van der Waals surface area contributed by atoms with Crippen LogP contribution in [0.25, 0.3) is 0 Å². The smallest absolute Gasteiger partial charge is 0.293 e. The van der Waals surface area contributed by atoms with Crippen molar-refractivity contribution >= 4 is 34.8 Å². The molecule has 0 bridgehead atoms. The molecular weight excluding hydrogens is 326 g/mol. The summed E-state index contributed by atoms with van der Waals surface area (Å²) in [5, 5.41) is 8.39. The van der Waals surface area contributed by atoms with Crippen molar-refractivity contribution in [3.8, 4) is 0 Å². The fourth-order valence-corrected chi connectivity index (χ4v) is 2.13. The maximum absolute atomic E-state index is 11.9. The Morgan fingerprint density at radius 1 is 1.12 bits per heavy atom. The van der Waals surface area contributed by atoms with Gasteiger partial charge in [-0.3, -0.25) is 14.9 Å². The number of carbonyl (C=O) groups is 2. The highest BCUT2D eigenvalue weighted by atomic mass is 32.1. The molecule has 0 saturated carbocycles. The number of nitrogens with one attached hydrogen (secondary N) is 3. The van der Waals surface area contributed by atoms with Crippen LogP contribution in [0, 0.1) is 0 Å². The van der Waals surface area contributed by atoms with E-state index in [1.54, 1.807) is 36.4 Å². The number of hydrogen-bond donors (Lipinski definition) is 3. The van der Waals surface area contributed by atoms with Crippen LogP contribution in [-0.4, -0.2) is 23.5 Å². The van der Waals surface area contributed by atoms with Gasteiger partial charge in [-0.25, -0.2) is 0 Å². The van der Waals surface area contributed by atoms with Gasteiger partial charge in [0.25, 0.3) is 11.8 Å². The third-order valence-electron chi connectivity index (χ3n) is 3.19. The minimum atomic E-state index is -0.426. The first-order valence-corrected chi connectivity index (χ1v) is 8.05. The Balaban J connectivity index is 1.85. The van der Waals surface area contributed by atoms with Crippen molar-refractivity contribution in [1.29, 1.82) is 0 Å². The van der Waals surface area contributed by atoms with E-state index in [0.717, 1.165) is 12.8 Å². The molecule has 6 nitrogen and oxygen atoms in total. The molecule has 0 saturated heterocycles. The van der Waals surface area contributed by atoms with Crippen LogP contribution in [0.1, 0.15) is 40.7 Å². The van der Waals surface area contributed by atoms with Crippen LogP contribution in [0.2, 0.25) is 0 Å². The topological polar surface area (TPSA) is 83.4 Å². The molecule has 2 amide bonds. The Morgan fingerprint density at radius 3 is 2.50 bits per heavy atom. The van der Waals surface area contributed by atoms with E-state index in [0.29, 0.717) is 17.8 Å². The minimum Gasteiger partial charge on any atom is -0.459 e. The second kappa shape index (κ2) is 8.83. The molecule has 2 aromatic rings. The number of anilines is 1. The summed E-state index contributed by atoms with van der Waals surface area (Å²) in [6.45, 7) is 2.73. The van der Waals surface area contributed by atoms with E-state index in [1.807, 2.05) is 0 Å². The van der Waals surface area contributed by atoms with Gasteiger partial charge in [-0.05, 0) is 55.0 Å². The number of benzene rings is 1. The standard InChI is InChI=1S/C17H19N3O3S/c1-2-3-10-18-15(21)12-6-8-13(9-7-12)19-17(24)20-16(22)14-5-4-11-23-14/h4-9,11H,2-3,10H2,1H3,(H,18,21)(H2,19,20,22,24). The van der Waals surface area contributed by atoms with E-state index in [4.69, 9.17) is 16.6 Å².